The smallest absolute Gasteiger partial charge is 0.182 e. The van der Waals surface area contributed by atoms with Gasteiger partial charge in [0, 0.05) is 28.8 Å². The normalized spacial score (nSPS) is 10.9. The molecule has 0 saturated carbocycles. The van der Waals surface area contributed by atoms with Crippen molar-refractivity contribution in [1.82, 2.24) is 19.7 Å². The number of anilines is 3. The third-order valence-electron chi connectivity index (χ3n) is 7.13. The molecular formula is C37H27N5. The predicted molar refractivity (Wildman–Crippen MR) is 170 cm³/mol. The Labute approximate surface area is 245 Å². The van der Waals surface area contributed by atoms with Crippen LogP contribution in [0.1, 0.15) is 0 Å². The molecule has 0 aliphatic rings. The molecule has 2 aromatic heterocycles. The third kappa shape index (κ3) is 5.07. The minimum absolute atomic E-state index is 0.655. The molecule has 7 rings (SSSR count). The summed E-state index contributed by atoms with van der Waals surface area (Å²) in [5.41, 5.74) is 8.27. The largest absolute Gasteiger partial charge is 0.311 e. The van der Waals surface area contributed by atoms with Gasteiger partial charge in [-0.2, -0.15) is 0 Å². The van der Waals surface area contributed by atoms with Crippen LogP contribution < -0.4 is 4.90 Å². The van der Waals surface area contributed by atoms with E-state index in [0.29, 0.717) is 11.6 Å². The van der Waals surface area contributed by atoms with Crippen molar-refractivity contribution >= 4 is 17.1 Å². The lowest BCUT2D eigenvalue weighted by Crippen LogP contribution is -2.09. The zero-order valence-electron chi connectivity index (χ0n) is 22.8. The van der Waals surface area contributed by atoms with E-state index >= 15 is 0 Å². The molecule has 200 valence electrons. The minimum atomic E-state index is 0.655. The quantitative estimate of drug-likeness (QED) is 0.202. The number of hydrogen-bond donors (Lipinski definition) is 0. The van der Waals surface area contributed by atoms with Crippen molar-refractivity contribution in [2.45, 2.75) is 0 Å². The molecule has 0 spiro atoms. The SMILES string of the molecule is c1ccc(N(c2ccccc2)c2ccc(-c3ccc(-c4nc(-c5ccccn5)n(-c5ccccc5)n4)cc3)cc2)cc1. The lowest BCUT2D eigenvalue weighted by atomic mass is 10.0. The first-order chi connectivity index (χ1) is 20.8. The zero-order chi connectivity index (χ0) is 28.1. The Bertz CT molecular complexity index is 1790. The van der Waals surface area contributed by atoms with Gasteiger partial charge in [-0.3, -0.25) is 4.98 Å². The maximum Gasteiger partial charge on any atom is 0.182 e. The Morgan fingerprint density at radius 1 is 0.452 bits per heavy atom. The highest BCUT2D eigenvalue weighted by Crippen LogP contribution is 2.35. The van der Waals surface area contributed by atoms with Gasteiger partial charge in [0.2, 0.25) is 0 Å². The van der Waals surface area contributed by atoms with E-state index < -0.39 is 0 Å². The summed E-state index contributed by atoms with van der Waals surface area (Å²) in [6.45, 7) is 0. The minimum Gasteiger partial charge on any atom is -0.311 e. The van der Waals surface area contributed by atoms with E-state index in [9.17, 15) is 0 Å². The van der Waals surface area contributed by atoms with Crippen molar-refractivity contribution in [3.8, 4) is 39.7 Å². The van der Waals surface area contributed by atoms with Crippen LogP contribution in [0.25, 0.3) is 39.7 Å². The number of para-hydroxylation sites is 3. The first-order valence-corrected chi connectivity index (χ1v) is 13.9. The molecule has 5 nitrogen and oxygen atoms in total. The molecule has 7 aromatic rings. The Kier molecular flexibility index (Phi) is 6.81. The van der Waals surface area contributed by atoms with Gasteiger partial charge in [-0.15, -0.1) is 5.10 Å². The second-order valence-corrected chi connectivity index (χ2v) is 9.85. The molecule has 2 heterocycles. The van der Waals surface area contributed by atoms with Crippen molar-refractivity contribution in [3.05, 3.63) is 164 Å². The summed E-state index contributed by atoms with van der Waals surface area (Å²) >= 11 is 0. The van der Waals surface area contributed by atoms with Crippen molar-refractivity contribution in [1.29, 1.82) is 0 Å². The van der Waals surface area contributed by atoms with Crippen LogP contribution in [0, 0.1) is 0 Å². The van der Waals surface area contributed by atoms with Gasteiger partial charge >= 0.3 is 0 Å². The highest BCUT2D eigenvalue weighted by atomic mass is 15.4. The first-order valence-electron chi connectivity index (χ1n) is 13.9. The lowest BCUT2D eigenvalue weighted by Gasteiger charge is -2.25. The molecule has 42 heavy (non-hydrogen) atoms. The molecule has 0 radical (unpaired) electrons. The van der Waals surface area contributed by atoms with E-state index in [0.717, 1.165) is 45.1 Å². The summed E-state index contributed by atoms with van der Waals surface area (Å²) < 4.78 is 1.86. The zero-order valence-corrected chi connectivity index (χ0v) is 22.8. The average molecular weight is 542 g/mol. The molecular weight excluding hydrogens is 514 g/mol. The highest BCUT2D eigenvalue weighted by molar-refractivity contribution is 5.78. The van der Waals surface area contributed by atoms with Crippen molar-refractivity contribution < 1.29 is 0 Å². The van der Waals surface area contributed by atoms with Gasteiger partial charge in [0.15, 0.2) is 11.6 Å². The molecule has 0 saturated heterocycles. The maximum absolute atomic E-state index is 4.90. The number of nitrogens with zero attached hydrogens (tertiary/aromatic N) is 5. The van der Waals surface area contributed by atoms with Gasteiger partial charge < -0.3 is 4.90 Å². The predicted octanol–water partition coefficient (Wildman–Crippen LogP) is 9.13. The topological polar surface area (TPSA) is 46.8 Å². The van der Waals surface area contributed by atoms with Gasteiger partial charge in [0.1, 0.15) is 5.69 Å². The van der Waals surface area contributed by atoms with Crippen LogP contribution in [-0.4, -0.2) is 19.7 Å². The Morgan fingerprint density at radius 3 is 1.52 bits per heavy atom. The fourth-order valence-corrected chi connectivity index (χ4v) is 5.06. The summed E-state index contributed by atoms with van der Waals surface area (Å²) in [6, 6.07) is 53.8. The Hall–Kier alpha value is -5.81. The van der Waals surface area contributed by atoms with Gasteiger partial charge in [0.05, 0.1) is 5.69 Å². The third-order valence-corrected chi connectivity index (χ3v) is 7.13. The summed E-state index contributed by atoms with van der Waals surface area (Å²) in [5, 5.41) is 4.88. The van der Waals surface area contributed by atoms with Gasteiger partial charge in [-0.25, -0.2) is 9.67 Å². The molecule has 0 atom stereocenters. The first kappa shape index (κ1) is 25.2. The van der Waals surface area contributed by atoms with E-state index in [1.807, 2.05) is 65.3 Å². The van der Waals surface area contributed by atoms with Crippen LogP contribution in [0.15, 0.2) is 164 Å². The molecule has 5 aromatic carbocycles. The van der Waals surface area contributed by atoms with Crippen LogP contribution in [0.2, 0.25) is 0 Å². The number of pyridine rings is 1. The Morgan fingerprint density at radius 2 is 0.952 bits per heavy atom. The molecule has 5 heteroatoms. The number of hydrogen-bond acceptors (Lipinski definition) is 4. The molecule has 0 fully saturated rings. The van der Waals surface area contributed by atoms with E-state index in [-0.39, 0.29) is 0 Å². The molecule has 0 aliphatic carbocycles. The van der Waals surface area contributed by atoms with Gasteiger partial charge in [-0.05, 0) is 71.8 Å². The summed E-state index contributed by atoms with van der Waals surface area (Å²) in [5.74, 6) is 1.36. The summed E-state index contributed by atoms with van der Waals surface area (Å²) in [4.78, 5) is 11.7. The molecule has 0 N–H and O–H groups in total. The van der Waals surface area contributed by atoms with E-state index in [1.165, 1.54) is 0 Å². The van der Waals surface area contributed by atoms with E-state index in [2.05, 4.69) is 107 Å². The van der Waals surface area contributed by atoms with Crippen molar-refractivity contribution in [3.63, 3.8) is 0 Å². The van der Waals surface area contributed by atoms with Crippen LogP contribution in [0.4, 0.5) is 17.1 Å². The van der Waals surface area contributed by atoms with Crippen LogP contribution >= 0.6 is 0 Å². The van der Waals surface area contributed by atoms with Gasteiger partial charge in [-0.1, -0.05) is 97.1 Å². The van der Waals surface area contributed by atoms with Crippen LogP contribution in [0.5, 0.6) is 0 Å². The second-order valence-electron chi connectivity index (χ2n) is 9.85. The summed E-state index contributed by atoms with van der Waals surface area (Å²) in [7, 11) is 0. The van der Waals surface area contributed by atoms with E-state index in [4.69, 9.17) is 10.1 Å². The molecule has 0 bridgehead atoms. The number of rotatable bonds is 7. The maximum atomic E-state index is 4.90. The van der Waals surface area contributed by atoms with Crippen molar-refractivity contribution in [2.75, 3.05) is 4.90 Å². The van der Waals surface area contributed by atoms with Gasteiger partial charge in [0.25, 0.3) is 0 Å². The standard InChI is InChI=1S/C37H27N5/c1-4-12-31(13-5-1)41(32-14-6-2-7-15-32)33-25-23-29(24-26-33)28-19-21-30(22-20-28)36-39-37(35-18-10-11-27-38-35)42(40-36)34-16-8-3-9-17-34/h1-27H. The second kappa shape index (κ2) is 11.4. The number of aromatic nitrogens is 4. The molecule has 0 aliphatic heterocycles. The van der Waals surface area contributed by atoms with Crippen LogP contribution in [-0.2, 0) is 0 Å². The van der Waals surface area contributed by atoms with E-state index in [1.54, 1.807) is 6.20 Å². The fourth-order valence-electron chi connectivity index (χ4n) is 5.06. The highest BCUT2D eigenvalue weighted by Gasteiger charge is 2.16. The molecule has 0 unspecified atom stereocenters. The lowest BCUT2D eigenvalue weighted by molar-refractivity contribution is 0.886. The summed E-state index contributed by atoms with van der Waals surface area (Å²) in [6.07, 6.45) is 1.78. The average Bonchev–Trinajstić information content (AvgIpc) is 3.53. The number of benzene rings is 5. The van der Waals surface area contributed by atoms with Crippen LogP contribution in [0.3, 0.4) is 0 Å². The Balaban J connectivity index is 1.19. The molecule has 0 amide bonds. The van der Waals surface area contributed by atoms with Crippen molar-refractivity contribution in [2.24, 2.45) is 0 Å². The monoisotopic (exact) mass is 541 g/mol. The fraction of sp³-hybridized carbons (Fsp3) is 0.